The van der Waals surface area contributed by atoms with Gasteiger partial charge >= 0.3 is 0 Å². The first-order valence-electron chi connectivity index (χ1n) is 9.13. The fourth-order valence-electron chi connectivity index (χ4n) is 3.74. The first-order chi connectivity index (χ1) is 12.7. The van der Waals surface area contributed by atoms with Gasteiger partial charge in [0.15, 0.2) is 0 Å². The fraction of sp³-hybridized carbons (Fsp3) is 0.333. The Balaban J connectivity index is 1.55. The molecule has 2 N–H and O–H groups in total. The molecule has 2 aromatic heterocycles. The summed E-state index contributed by atoms with van der Waals surface area (Å²) in [5.41, 5.74) is 3.66. The Morgan fingerprint density at radius 2 is 2.15 bits per heavy atom. The van der Waals surface area contributed by atoms with Gasteiger partial charge < -0.3 is 10.3 Å². The highest BCUT2D eigenvalue weighted by atomic mass is 15.2. The van der Waals surface area contributed by atoms with Crippen molar-refractivity contribution in [2.24, 2.45) is 5.92 Å². The maximum absolute atomic E-state index is 9.51. The molecule has 0 aliphatic carbocycles. The summed E-state index contributed by atoms with van der Waals surface area (Å²) in [4.78, 5) is 9.95. The number of fused-ring (bicyclic) bond motifs is 1. The molecule has 1 aromatic carbocycles. The number of aromatic nitrogens is 2. The van der Waals surface area contributed by atoms with E-state index in [1.54, 1.807) is 6.20 Å². The van der Waals surface area contributed by atoms with E-state index in [4.69, 9.17) is 0 Å². The second-order valence-electron chi connectivity index (χ2n) is 7.14. The highest BCUT2D eigenvalue weighted by Gasteiger charge is 2.27. The Morgan fingerprint density at radius 3 is 2.96 bits per heavy atom. The minimum absolute atomic E-state index is 0.306. The first-order valence-corrected chi connectivity index (χ1v) is 9.13. The summed E-state index contributed by atoms with van der Waals surface area (Å²) < 4.78 is 0. The van der Waals surface area contributed by atoms with Crippen LogP contribution in [-0.2, 0) is 6.54 Å². The van der Waals surface area contributed by atoms with E-state index in [0.29, 0.717) is 17.5 Å². The van der Waals surface area contributed by atoms with Gasteiger partial charge in [0.25, 0.3) is 0 Å². The Morgan fingerprint density at radius 1 is 1.31 bits per heavy atom. The SMILES string of the molecule is C[C@@H]1CCN(Cc2ccccc2)C[C@@H]1Nc1c(C#N)cnc2[nH]ccc12. The van der Waals surface area contributed by atoms with Gasteiger partial charge in [0.1, 0.15) is 11.7 Å². The number of hydrogen-bond donors (Lipinski definition) is 2. The van der Waals surface area contributed by atoms with Crippen LogP contribution >= 0.6 is 0 Å². The van der Waals surface area contributed by atoms with Crippen LogP contribution in [0.5, 0.6) is 0 Å². The summed E-state index contributed by atoms with van der Waals surface area (Å²) in [7, 11) is 0. The lowest BCUT2D eigenvalue weighted by atomic mass is 9.92. The van der Waals surface area contributed by atoms with Gasteiger partial charge in [-0.15, -0.1) is 0 Å². The molecule has 5 heteroatoms. The van der Waals surface area contributed by atoms with Gasteiger partial charge in [-0.05, 0) is 30.5 Å². The van der Waals surface area contributed by atoms with Crippen LogP contribution in [-0.4, -0.2) is 34.0 Å². The molecular weight excluding hydrogens is 322 g/mol. The number of likely N-dealkylation sites (tertiary alicyclic amines) is 1. The monoisotopic (exact) mass is 345 g/mol. The summed E-state index contributed by atoms with van der Waals surface area (Å²) in [6.45, 7) is 5.33. The van der Waals surface area contributed by atoms with Crippen molar-refractivity contribution in [2.75, 3.05) is 18.4 Å². The van der Waals surface area contributed by atoms with Crippen LogP contribution in [0.4, 0.5) is 5.69 Å². The maximum Gasteiger partial charge on any atom is 0.139 e. The molecule has 1 saturated heterocycles. The topological polar surface area (TPSA) is 67.7 Å². The lowest BCUT2D eigenvalue weighted by Crippen LogP contribution is -2.46. The van der Waals surface area contributed by atoms with Crippen LogP contribution in [0.2, 0.25) is 0 Å². The molecule has 1 aliphatic rings. The Hall–Kier alpha value is -2.84. The molecule has 3 heterocycles. The van der Waals surface area contributed by atoms with E-state index < -0.39 is 0 Å². The van der Waals surface area contributed by atoms with Gasteiger partial charge in [-0.1, -0.05) is 37.3 Å². The van der Waals surface area contributed by atoms with Crippen LogP contribution in [0.25, 0.3) is 11.0 Å². The third-order valence-corrected chi connectivity index (χ3v) is 5.33. The Kier molecular flexibility index (Phi) is 4.59. The van der Waals surface area contributed by atoms with E-state index in [2.05, 4.69) is 63.5 Å². The zero-order valence-corrected chi connectivity index (χ0v) is 14.9. The Bertz CT molecular complexity index is 924. The lowest BCUT2D eigenvalue weighted by Gasteiger charge is -2.38. The smallest absolute Gasteiger partial charge is 0.139 e. The van der Waals surface area contributed by atoms with Crippen molar-refractivity contribution in [3.8, 4) is 6.07 Å². The van der Waals surface area contributed by atoms with Gasteiger partial charge in [0.05, 0.1) is 11.3 Å². The van der Waals surface area contributed by atoms with Crippen molar-refractivity contribution in [2.45, 2.75) is 25.9 Å². The summed E-state index contributed by atoms with van der Waals surface area (Å²) >= 11 is 0. The molecule has 4 rings (SSSR count). The van der Waals surface area contributed by atoms with Crippen molar-refractivity contribution in [1.82, 2.24) is 14.9 Å². The molecule has 0 radical (unpaired) electrons. The second-order valence-corrected chi connectivity index (χ2v) is 7.14. The molecule has 26 heavy (non-hydrogen) atoms. The van der Waals surface area contributed by atoms with Gasteiger partial charge in [-0.2, -0.15) is 5.26 Å². The van der Waals surface area contributed by atoms with E-state index in [-0.39, 0.29) is 0 Å². The van der Waals surface area contributed by atoms with E-state index in [9.17, 15) is 5.26 Å². The maximum atomic E-state index is 9.51. The van der Waals surface area contributed by atoms with Gasteiger partial charge in [0.2, 0.25) is 0 Å². The van der Waals surface area contributed by atoms with Crippen LogP contribution in [0.15, 0.2) is 48.8 Å². The molecule has 1 aliphatic heterocycles. The van der Waals surface area contributed by atoms with Crippen LogP contribution < -0.4 is 5.32 Å². The minimum atomic E-state index is 0.306. The minimum Gasteiger partial charge on any atom is -0.379 e. The van der Waals surface area contributed by atoms with E-state index in [0.717, 1.165) is 42.8 Å². The fourth-order valence-corrected chi connectivity index (χ4v) is 3.74. The molecule has 5 nitrogen and oxygen atoms in total. The average Bonchev–Trinajstić information content (AvgIpc) is 3.14. The predicted molar refractivity (Wildman–Crippen MR) is 104 cm³/mol. The zero-order chi connectivity index (χ0) is 17.9. The summed E-state index contributed by atoms with van der Waals surface area (Å²) in [5, 5.41) is 14.2. The van der Waals surface area contributed by atoms with Gasteiger partial charge in [-0.25, -0.2) is 4.98 Å². The second kappa shape index (κ2) is 7.19. The normalized spacial score (nSPS) is 20.8. The molecule has 0 unspecified atom stereocenters. The number of aromatic amines is 1. The summed E-state index contributed by atoms with van der Waals surface area (Å²) in [6.07, 6.45) is 4.67. The number of H-pyrrole nitrogens is 1. The van der Waals surface area contributed by atoms with Gasteiger partial charge in [-0.3, -0.25) is 4.90 Å². The van der Waals surface area contributed by atoms with Crippen LogP contribution in [0.1, 0.15) is 24.5 Å². The summed E-state index contributed by atoms with van der Waals surface area (Å²) in [6, 6.07) is 15.2. The molecule has 1 fully saturated rings. The lowest BCUT2D eigenvalue weighted by molar-refractivity contribution is 0.170. The number of anilines is 1. The largest absolute Gasteiger partial charge is 0.379 e. The predicted octanol–water partition coefficient (Wildman–Crippen LogP) is 3.76. The van der Waals surface area contributed by atoms with Crippen molar-refractivity contribution in [1.29, 1.82) is 5.26 Å². The number of nitrogens with one attached hydrogen (secondary N) is 2. The van der Waals surface area contributed by atoms with Crippen molar-refractivity contribution in [3.05, 3.63) is 59.9 Å². The summed E-state index contributed by atoms with van der Waals surface area (Å²) in [5.74, 6) is 0.552. The highest BCUT2D eigenvalue weighted by Crippen LogP contribution is 2.29. The molecule has 3 aromatic rings. The Labute approximate surface area is 153 Å². The number of hydrogen-bond acceptors (Lipinski definition) is 4. The van der Waals surface area contributed by atoms with E-state index >= 15 is 0 Å². The number of piperidine rings is 1. The van der Waals surface area contributed by atoms with Crippen molar-refractivity contribution >= 4 is 16.7 Å². The van der Waals surface area contributed by atoms with Gasteiger partial charge in [0, 0.05) is 36.9 Å². The molecule has 0 saturated carbocycles. The average molecular weight is 345 g/mol. The highest BCUT2D eigenvalue weighted by molar-refractivity contribution is 5.92. The van der Waals surface area contributed by atoms with Crippen molar-refractivity contribution < 1.29 is 0 Å². The number of nitriles is 1. The van der Waals surface area contributed by atoms with E-state index in [1.165, 1.54) is 5.56 Å². The molecular formula is C21H23N5. The zero-order valence-electron chi connectivity index (χ0n) is 14.9. The number of rotatable bonds is 4. The third kappa shape index (κ3) is 3.29. The molecule has 0 bridgehead atoms. The molecule has 132 valence electrons. The molecule has 0 spiro atoms. The standard InChI is InChI=1S/C21H23N5/c1-15-8-10-26(13-16-5-3-2-4-6-16)14-19(15)25-20-17(11-22)12-24-21-18(20)7-9-23-21/h2-7,9,12,15,19H,8,10,13-14H2,1H3,(H2,23,24,25)/t15-,19+/m1/s1. The van der Waals surface area contributed by atoms with E-state index in [1.807, 2.05) is 12.3 Å². The third-order valence-electron chi connectivity index (χ3n) is 5.33. The molecule has 2 atom stereocenters. The number of nitrogens with zero attached hydrogens (tertiary/aromatic N) is 3. The van der Waals surface area contributed by atoms with Crippen LogP contribution in [0, 0.1) is 17.2 Å². The number of benzene rings is 1. The molecule has 0 amide bonds. The first kappa shape index (κ1) is 16.6. The number of pyridine rings is 1. The van der Waals surface area contributed by atoms with Crippen LogP contribution in [0.3, 0.4) is 0 Å². The quantitative estimate of drug-likeness (QED) is 0.755. The van der Waals surface area contributed by atoms with Crippen molar-refractivity contribution in [3.63, 3.8) is 0 Å².